The first-order chi connectivity index (χ1) is 6.65. The molecule has 2 rings (SSSR count). The summed E-state index contributed by atoms with van der Waals surface area (Å²) in [6, 6.07) is 2.00. The van der Waals surface area contributed by atoms with Crippen molar-refractivity contribution in [1.82, 2.24) is 4.90 Å². The van der Waals surface area contributed by atoms with Crippen LogP contribution >= 0.6 is 27.3 Å². The number of thiophene rings is 1. The van der Waals surface area contributed by atoms with Crippen molar-refractivity contribution in [2.75, 3.05) is 6.54 Å². The molecule has 0 aromatic carbocycles. The standard InChI is InChI=1S/C9H10BrNO2S/c10-6-1-8(14-5-6)4-11-3-7(12)2-9(11)13/h1,5,7,12H,2-4H2. The van der Waals surface area contributed by atoms with E-state index in [1.165, 1.54) is 0 Å². The highest BCUT2D eigenvalue weighted by Gasteiger charge is 2.27. The number of amides is 1. The summed E-state index contributed by atoms with van der Waals surface area (Å²) in [5.74, 6) is 0.0435. The molecular weight excluding hydrogens is 266 g/mol. The zero-order chi connectivity index (χ0) is 10.1. The van der Waals surface area contributed by atoms with Gasteiger partial charge >= 0.3 is 0 Å². The fourth-order valence-corrected chi connectivity index (χ4v) is 2.99. The van der Waals surface area contributed by atoms with Crippen LogP contribution < -0.4 is 0 Å². The number of likely N-dealkylation sites (tertiary alicyclic amines) is 1. The second-order valence-corrected chi connectivity index (χ2v) is 5.27. The van der Waals surface area contributed by atoms with Gasteiger partial charge in [-0.2, -0.15) is 0 Å². The minimum atomic E-state index is -0.481. The fourth-order valence-electron chi connectivity index (χ4n) is 1.53. The zero-order valence-electron chi connectivity index (χ0n) is 7.44. The van der Waals surface area contributed by atoms with Crippen LogP contribution in [-0.2, 0) is 11.3 Å². The fraction of sp³-hybridized carbons (Fsp3) is 0.444. The van der Waals surface area contributed by atoms with Gasteiger partial charge in [-0.05, 0) is 22.0 Å². The molecule has 0 saturated carbocycles. The minimum Gasteiger partial charge on any atom is -0.391 e. The molecule has 1 aliphatic heterocycles. The van der Waals surface area contributed by atoms with Crippen molar-refractivity contribution in [2.24, 2.45) is 0 Å². The molecule has 1 unspecified atom stereocenters. The maximum Gasteiger partial charge on any atom is 0.225 e. The molecule has 76 valence electrons. The van der Waals surface area contributed by atoms with Gasteiger partial charge in [0.15, 0.2) is 0 Å². The highest BCUT2D eigenvalue weighted by molar-refractivity contribution is 9.10. The highest BCUT2D eigenvalue weighted by Crippen LogP contribution is 2.23. The van der Waals surface area contributed by atoms with Crippen molar-refractivity contribution in [3.05, 3.63) is 20.8 Å². The van der Waals surface area contributed by atoms with Gasteiger partial charge in [-0.15, -0.1) is 11.3 Å². The van der Waals surface area contributed by atoms with E-state index in [2.05, 4.69) is 15.9 Å². The molecule has 0 radical (unpaired) electrons. The van der Waals surface area contributed by atoms with Crippen molar-refractivity contribution in [1.29, 1.82) is 0 Å². The van der Waals surface area contributed by atoms with Gasteiger partial charge in [0.1, 0.15) is 0 Å². The monoisotopic (exact) mass is 275 g/mol. The molecule has 1 fully saturated rings. The van der Waals surface area contributed by atoms with Gasteiger partial charge in [0.05, 0.1) is 19.1 Å². The van der Waals surface area contributed by atoms with Gasteiger partial charge in [0.25, 0.3) is 0 Å². The van der Waals surface area contributed by atoms with Crippen molar-refractivity contribution >= 4 is 33.2 Å². The molecule has 1 atom stereocenters. The first kappa shape index (κ1) is 10.1. The summed E-state index contributed by atoms with van der Waals surface area (Å²) in [6.45, 7) is 1.08. The van der Waals surface area contributed by atoms with E-state index in [9.17, 15) is 9.90 Å². The highest BCUT2D eigenvalue weighted by atomic mass is 79.9. The van der Waals surface area contributed by atoms with Gasteiger partial charge in [0, 0.05) is 21.3 Å². The number of nitrogens with zero attached hydrogens (tertiary/aromatic N) is 1. The molecule has 1 N–H and O–H groups in total. The molecule has 1 saturated heterocycles. The van der Waals surface area contributed by atoms with Gasteiger partial charge in [-0.3, -0.25) is 4.79 Å². The average Bonchev–Trinajstić information content (AvgIpc) is 2.61. The maximum atomic E-state index is 11.4. The number of carbonyl (C=O) groups excluding carboxylic acids is 1. The molecule has 2 heterocycles. The average molecular weight is 276 g/mol. The lowest BCUT2D eigenvalue weighted by Crippen LogP contribution is -2.24. The number of aliphatic hydroxyl groups excluding tert-OH is 1. The largest absolute Gasteiger partial charge is 0.391 e. The van der Waals surface area contributed by atoms with E-state index in [0.29, 0.717) is 13.1 Å². The third-order valence-electron chi connectivity index (χ3n) is 2.16. The number of halogens is 1. The Morgan fingerprint density at radius 3 is 3.00 bits per heavy atom. The maximum absolute atomic E-state index is 11.4. The summed E-state index contributed by atoms with van der Waals surface area (Å²) >= 11 is 4.98. The molecular formula is C9H10BrNO2S. The van der Waals surface area contributed by atoms with E-state index in [4.69, 9.17) is 0 Å². The molecule has 1 amide bonds. The molecule has 1 aromatic rings. The van der Waals surface area contributed by atoms with E-state index < -0.39 is 6.10 Å². The summed E-state index contributed by atoms with van der Waals surface area (Å²) < 4.78 is 1.05. The Labute approximate surface area is 94.5 Å². The van der Waals surface area contributed by atoms with Gasteiger partial charge in [0.2, 0.25) is 5.91 Å². The van der Waals surface area contributed by atoms with Gasteiger partial charge in [-0.1, -0.05) is 0 Å². The van der Waals surface area contributed by atoms with Crippen LogP contribution in [0.15, 0.2) is 15.9 Å². The van der Waals surface area contributed by atoms with E-state index in [1.807, 2.05) is 11.4 Å². The van der Waals surface area contributed by atoms with Crippen LogP contribution in [-0.4, -0.2) is 28.6 Å². The van der Waals surface area contributed by atoms with Crippen LogP contribution in [0.2, 0.25) is 0 Å². The number of rotatable bonds is 2. The van der Waals surface area contributed by atoms with E-state index in [1.54, 1.807) is 16.2 Å². The van der Waals surface area contributed by atoms with Gasteiger partial charge in [-0.25, -0.2) is 0 Å². The molecule has 0 aliphatic carbocycles. The molecule has 5 heteroatoms. The SMILES string of the molecule is O=C1CC(O)CN1Cc1cc(Br)cs1. The second-order valence-electron chi connectivity index (χ2n) is 3.36. The molecule has 0 spiro atoms. The Balaban J connectivity index is 2.01. The van der Waals surface area contributed by atoms with E-state index >= 15 is 0 Å². The smallest absolute Gasteiger partial charge is 0.225 e. The van der Waals surface area contributed by atoms with Crippen molar-refractivity contribution in [3.8, 4) is 0 Å². The number of aliphatic hydroxyl groups is 1. The van der Waals surface area contributed by atoms with Crippen LogP contribution in [0.3, 0.4) is 0 Å². The van der Waals surface area contributed by atoms with Crippen molar-refractivity contribution < 1.29 is 9.90 Å². The molecule has 3 nitrogen and oxygen atoms in total. The van der Waals surface area contributed by atoms with Crippen LogP contribution in [0.5, 0.6) is 0 Å². The molecule has 14 heavy (non-hydrogen) atoms. The lowest BCUT2D eigenvalue weighted by molar-refractivity contribution is -0.128. The Morgan fingerprint density at radius 1 is 1.71 bits per heavy atom. The first-order valence-electron chi connectivity index (χ1n) is 4.34. The second kappa shape index (κ2) is 4.00. The lowest BCUT2D eigenvalue weighted by atomic mass is 10.3. The quantitative estimate of drug-likeness (QED) is 0.891. The summed E-state index contributed by atoms with van der Waals surface area (Å²) in [6.07, 6.45) is -0.210. The van der Waals surface area contributed by atoms with Crippen LogP contribution in [0, 0.1) is 0 Å². The predicted octanol–water partition coefficient (Wildman–Crippen LogP) is 1.60. The Bertz CT molecular complexity index is 352. The Hall–Kier alpha value is -0.390. The molecule has 1 aliphatic rings. The van der Waals surface area contributed by atoms with E-state index in [0.717, 1.165) is 9.35 Å². The normalized spacial score (nSPS) is 22.0. The number of carbonyl (C=O) groups is 1. The summed E-state index contributed by atoms with van der Waals surface area (Å²) in [4.78, 5) is 14.2. The van der Waals surface area contributed by atoms with Crippen molar-refractivity contribution in [3.63, 3.8) is 0 Å². The third-order valence-corrected chi connectivity index (χ3v) is 3.84. The number of hydrogen-bond acceptors (Lipinski definition) is 3. The minimum absolute atomic E-state index is 0.0435. The Morgan fingerprint density at radius 2 is 2.50 bits per heavy atom. The van der Waals surface area contributed by atoms with Crippen molar-refractivity contribution in [2.45, 2.75) is 19.1 Å². The molecule has 1 aromatic heterocycles. The first-order valence-corrected chi connectivity index (χ1v) is 6.01. The van der Waals surface area contributed by atoms with Gasteiger partial charge < -0.3 is 10.0 Å². The summed E-state index contributed by atoms with van der Waals surface area (Å²) in [7, 11) is 0. The Kier molecular flexibility index (Phi) is 2.90. The molecule has 0 bridgehead atoms. The summed E-state index contributed by atoms with van der Waals surface area (Å²) in [5.41, 5.74) is 0. The number of β-amino-alcohol motifs (C(OH)–C–C–N with tert-alkyl or cyclic N) is 1. The lowest BCUT2D eigenvalue weighted by Gasteiger charge is -2.13. The third kappa shape index (κ3) is 2.16. The van der Waals surface area contributed by atoms with Crippen LogP contribution in [0.4, 0.5) is 0 Å². The van der Waals surface area contributed by atoms with Crippen LogP contribution in [0.25, 0.3) is 0 Å². The summed E-state index contributed by atoms with van der Waals surface area (Å²) in [5, 5.41) is 11.3. The van der Waals surface area contributed by atoms with E-state index in [-0.39, 0.29) is 12.3 Å². The van der Waals surface area contributed by atoms with Crippen LogP contribution in [0.1, 0.15) is 11.3 Å². The predicted molar refractivity (Wildman–Crippen MR) is 58.1 cm³/mol. The topological polar surface area (TPSA) is 40.5 Å². The zero-order valence-corrected chi connectivity index (χ0v) is 9.84. The number of hydrogen-bond donors (Lipinski definition) is 1.